The van der Waals surface area contributed by atoms with E-state index in [-0.39, 0.29) is 11.5 Å². The Bertz CT molecular complexity index is 2200. The molecule has 1 amide bonds. The number of allylic oxidation sites excluding steroid dienone is 1. The van der Waals surface area contributed by atoms with Crippen LogP contribution >= 0.6 is 34.4 Å². The highest BCUT2D eigenvalue weighted by atomic mass is 32.2. The standard InChI is InChI=1S/C33H24N4O4S3/c1-19-28(30(38)35-21-8-4-3-5-9-21)29(20-12-14-22(40-2)15-13-20)37-31(39)26(42-32(37)34-19)18-23-16-17-27(41-23)44-33-36-24-10-6-7-11-25(24)43-33/h3-18,29H,1-2H3,(H,35,38)/t29-/m1/s1. The number of thiazole rings is 2. The molecule has 3 aromatic heterocycles. The van der Waals surface area contributed by atoms with Crippen LogP contribution < -0.4 is 24.9 Å². The van der Waals surface area contributed by atoms with E-state index in [1.54, 1.807) is 36.0 Å². The molecule has 0 saturated carbocycles. The van der Waals surface area contributed by atoms with Crippen molar-refractivity contribution in [2.75, 3.05) is 12.4 Å². The molecular weight excluding hydrogens is 613 g/mol. The first-order chi connectivity index (χ1) is 21.5. The Morgan fingerprint density at radius 2 is 1.77 bits per heavy atom. The van der Waals surface area contributed by atoms with Crippen molar-refractivity contribution in [1.29, 1.82) is 0 Å². The number of carbonyl (C=O) groups excluding carboxylic acids is 1. The van der Waals surface area contributed by atoms with Gasteiger partial charge in [0.15, 0.2) is 14.2 Å². The van der Waals surface area contributed by atoms with Gasteiger partial charge in [-0.25, -0.2) is 9.98 Å². The molecule has 1 N–H and O–H groups in total. The maximum Gasteiger partial charge on any atom is 0.271 e. The van der Waals surface area contributed by atoms with Gasteiger partial charge in [-0.1, -0.05) is 53.8 Å². The second-order valence-corrected chi connectivity index (χ2v) is 13.2. The lowest BCUT2D eigenvalue weighted by molar-refractivity contribution is -0.113. The van der Waals surface area contributed by atoms with Crippen molar-refractivity contribution < 1.29 is 13.9 Å². The van der Waals surface area contributed by atoms with E-state index in [4.69, 9.17) is 14.1 Å². The van der Waals surface area contributed by atoms with Crippen LogP contribution in [-0.4, -0.2) is 22.6 Å². The topological polar surface area (TPSA) is 98.7 Å². The van der Waals surface area contributed by atoms with Gasteiger partial charge in [-0.2, -0.15) is 0 Å². The third kappa shape index (κ3) is 5.41. The summed E-state index contributed by atoms with van der Waals surface area (Å²) in [6.07, 6.45) is 1.72. The van der Waals surface area contributed by atoms with Gasteiger partial charge in [0, 0.05) is 11.8 Å². The Morgan fingerprint density at radius 1 is 1.00 bits per heavy atom. The van der Waals surface area contributed by atoms with Crippen molar-refractivity contribution in [2.24, 2.45) is 4.99 Å². The molecule has 1 atom stereocenters. The number of benzene rings is 3. The molecule has 0 spiro atoms. The van der Waals surface area contributed by atoms with Crippen molar-refractivity contribution in [1.82, 2.24) is 9.55 Å². The lowest BCUT2D eigenvalue weighted by Crippen LogP contribution is -2.40. The molecule has 11 heteroatoms. The summed E-state index contributed by atoms with van der Waals surface area (Å²) < 4.78 is 15.5. The van der Waals surface area contributed by atoms with Crippen molar-refractivity contribution in [3.8, 4) is 5.75 Å². The number of carbonyl (C=O) groups is 1. The zero-order valence-corrected chi connectivity index (χ0v) is 26.0. The minimum atomic E-state index is -0.690. The summed E-state index contributed by atoms with van der Waals surface area (Å²) in [4.78, 5) is 37.6. The number of nitrogens with zero attached hydrogens (tertiary/aromatic N) is 3. The third-order valence-electron chi connectivity index (χ3n) is 7.07. The predicted molar refractivity (Wildman–Crippen MR) is 174 cm³/mol. The van der Waals surface area contributed by atoms with Gasteiger partial charge in [0.05, 0.1) is 39.2 Å². The molecule has 44 heavy (non-hydrogen) atoms. The van der Waals surface area contributed by atoms with Gasteiger partial charge in [-0.05, 0) is 72.8 Å². The first-order valence-electron chi connectivity index (χ1n) is 13.6. The highest BCUT2D eigenvalue weighted by molar-refractivity contribution is 8.01. The molecule has 8 nitrogen and oxygen atoms in total. The summed E-state index contributed by atoms with van der Waals surface area (Å²) in [6, 6.07) is 27.6. The summed E-state index contributed by atoms with van der Waals surface area (Å²) in [5, 5.41) is 3.65. The summed E-state index contributed by atoms with van der Waals surface area (Å²) in [5.41, 5.74) is 3.04. The molecule has 0 saturated heterocycles. The van der Waals surface area contributed by atoms with Crippen molar-refractivity contribution in [3.05, 3.63) is 133 Å². The molecule has 0 bridgehead atoms. The van der Waals surface area contributed by atoms with Crippen LogP contribution in [0.5, 0.6) is 5.75 Å². The number of methoxy groups -OCH3 is 1. The Labute approximate surface area is 263 Å². The van der Waals surface area contributed by atoms with Crippen LogP contribution in [0.15, 0.2) is 126 Å². The molecule has 3 aromatic carbocycles. The molecule has 0 fully saturated rings. The predicted octanol–water partition coefficient (Wildman–Crippen LogP) is 6.24. The molecule has 0 aliphatic carbocycles. The highest BCUT2D eigenvalue weighted by Gasteiger charge is 2.32. The molecule has 1 aliphatic heterocycles. The summed E-state index contributed by atoms with van der Waals surface area (Å²) in [5.74, 6) is 0.891. The van der Waals surface area contributed by atoms with Gasteiger partial charge < -0.3 is 14.5 Å². The first-order valence-corrected chi connectivity index (χ1v) is 16.1. The summed E-state index contributed by atoms with van der Waals surface area (Å²) >= 11 is 4.31. The molecule has 7 rings (SSSR count). The molecule has 218 valence electrons. The Hall–Kier alpha value is -4.71. The van der Waals surface area contributed by atoms with Gasteiger partial charge in [-0.15, -0.1) is 11.3 Å². The maximum atomic E-state index is 14.0. The fourth-order valence-corrected chi connectivity index (χ4v) is 8.01. The fraction of sp³-hybridized carbons (Fsp3) is 0.0909. The molecular formula is C33H24N4O4S3. The van der Waals surface area contributed by atoms with Gasteiger partial charge >= 0.3 is 0 Å². The average Bonchev–Trinajstić information content (AvgIpc) is 3.74. The molecule has 1 aliphatic rings. The summed E-state index contributed by atoms with van der Waals surface area (Å²) in [7, 11) is 1.60. The van der Waals surface area contributed by atoms with Gasteiger partial charge in [0.25, 0.3) is 11.5 Å². The van der Waals surface area contributed by atoms with Crippen LogP contribution in [0.1, 0.15) is 24.3 Å². The largest absolute Gasteiger partial charge is 0.497 e. The van der Waals surface area contributed by atoms with E-state index in [1.165, 1.54) is 23.1 Å². The number of para-hydroxylation sites is 2. The molecule has 4 heterocycles. The normalized spacial score (nSPS) is 14.9. The van der Waals surface area contributed by atoms with E-state index in [2.05, 4.69) is 10.3 Å². The maximum absolute atomic E-state index is 14.0. The number of amides is 1. The van der Waals surface area contributed by atoms with Crippen LogP contribution in [0.2, 0.25) is 0 Å². The van der Waals surface area contributed by atoms with Gasteiger partial charge in [0.2, 0.25) is 0 Å². The van der Waals surface area contributed by atoms with E-state index >= 15 is 0 Å². The number of ether oxygens (including phenoxy) is 1. The molecule has 0 unspecified atom stereocenters. The van der Waals surface area contributed by atoms with Crippen molar-refractivity contribution in [3.63, 3.8) is 0 Å². The number of fused-ring (bicyclic) bond motifs is 2. The molecule has 6 aromatic rings. The van der Waals surface area contributed by atoms with Crippen LogP contribution in [-0.2, 0) is 4.79 Å². The van der Waals surface area contributed by atoms with Crippen molar-refractivity contribution in [2.45, 2.75) is 22.4 Å². The number of nitrogens with one attached hydrogen (secondary N) is 1. The van der Waals surface area contributed by atoms with Crippen molar-refractivity contribution >= 4 is 62.3 Å². The number of furan rings is 1. The van der Waals surface area contributed by atoms with Crippen LogP contribution in [0, 0.1) is 0 Å². The Kier molecular flexibility index (Phi) is 7.51. The van der Waals surface area contributed by atoms with Crippen LogP contribution in [0.3, 0.4) is 0 Å². The van der Waals surface area contributed by atoms with E-state index < -0.39 is 6.04 Å². The monoisotopic (exact) mass is 636 g/mol. The first kappa shape index (κ1) is 28.1. The Morgan fingerprint density at radius 3 is 2.55 bits per heavy atom. The van der Waals surface area contributed by atoms with Crippen LogP contribution in [0.25, 0.3) is 16.3 Å². The third-order valence-corrected chi connectivity index (χ3v) is 10.1. The van der Waals surface area contributed by atoms with Crippen LogP contribution in [0.4, 0.5) is 5.69 Å². The Balaban J connectivity index is 1.26. The number of hydrogen-bond donors (Lipinski definition) is 1. The lowest BCUT2D eigenvalue weighted by atomic mass is 9.95. The smallest absolute Gasteiger partial charge is 0.271 e. The lowest BCUT2D eigenvalue weighted by Gasteiger charge is -2.25. The minimum Gasteiger partial charge on any atom is -0.497 e. The quantitative estimate of drug-likeness (QED) is 0.223. The zero-order chi connectivity index (χ0) is 30.2. The second-order valence-electron chi connectivity index (χ2n) is 9.88. The van der Waals surface area contributed by atoms with E-state index in [9.17, 15) is 9.59 Å². The average molecular weight is 637 g/mol. The van der Waals surface area contributed by atoms with Gasteiger partial charge in [-0.3, -0.25) is 14.2 Å². The zero-order valence-electron chi connectivity index (χ0n) is 23.5. The number of rotatable bonds is 7. The van der Waals surface area contributed by atoms with E-state index in [0.717, 1.165) is 20.1 Å². The second kappa shape index (κ2) is 11.8. The molecule has 0 radical (unpaired) electrons. The van der Waals surface area contributed by atoms with E-state index in [0.29, 0.717) is 42.9 Å². The number of anilines is 1. The number of hydrogen-bond acceptors (Lipinski definition) is 9. The minimum absolute atomic E-state index is 0.260. The fourth-order valence-electron chi connectivity index (χ4n) is 5.01. The summed E-state index contributed by atoms with van der Waals surface area (Å²) in [6.45, 7) is 1.80. The number of aromatic nitrogens is 2. The van der Waals surface area contributed by atoms with Gasteiger partial charge in [0.1, 0.15) is 11.5 Å². The van der Waals surface area contributed by atoms with E-state index in [1.807, 2.05) is 91.0 Å². The SMILES string of the molecule is COc1ccc([C@@H]2C(C(=O)Nc3ccccc3)=C(C)N=c3sc(=Cc4ccc(Sc5nc6ccccc6s5)o4)c(=O)n32)cc1. The highest BCUT2D eigenvalue weighted by Crippen LogP contribution is 2.35.